The fourth-order valence-corrected chi connectivity index (χ4v) is 2.46. The normalized spacial score (nSPS) is 26.6. The lowest BCUT2D eigenvalue weighted by Crippen LogP contribution is -2.43. The van der Waals surface area contributed by atoms with Crippen molar-refractivity contribution in [2.24, 2.45) is 0 Å². The van der Waals surface area contributed by atoms with E-state index < -0.39 is 5.79 Å². The van der Waals surface area contributed by atoms with Crippen molar-refractivity contribution in [2.75, 3.05) is 38.6 Å². The molecule has 0 spiro atoms. The molecule has 1 unspecified atom stereocenters. The van der Waals surface area contributed by atoms with Gasteiger partial charge in [0.05, 0.1) is 13.2 Å². The lowest BCUT2D eigenvalue weighted by Gasteiger charge is -2.30. The van der Waals surface area contributed by atoms with Gasteiger partial charge in [-0.1, -0.05) is 0 Å². The van der Waals surface area contributed by atoms with Crippen LogP contribution in [0.1, 0.15) is 13.3 Å². The van der Waals surface area contributed by atoms with E-state index in [0.29, 0.717) is 5.69 Å². The lowest BCUT2D eigenvalue weighted by molar-refractivity contribution is -0.0776. The Kier molecular flexibility index (Phi) is 3.24. The molecule has 0 amide bonds. The van der Waals surface area contributed by atoms with Crippen molar-refractivity contribution in [3.8, 4) is 11.5 Å². The van der Waals surface area contributed by atoms with Gasteiger partial charge >= 0.3 is 0 Å². The minimum Gasteiger partial charge on any atom is -0.449 e. The summed E-state index contributed by atoms with van der Waals surface area (Å²) < 4.78 is 17.2. The van der Waals surface area contributed by atoms with Crippen molar-refractivity contribution in [1.29, 1.82) is 0 Å². The maximum atomic E-state index is 5.91. The molecule has 2 heterocycles. The van der Waals surface area contributed by atoms with Gasteiger partial charge in [0.25, 0.3) is 0 Å². The van der Waals surface area contributed by atoms with Crippen LogP contribution in [-0.4, -0.2) is 43.5 Å². The number of nitrogens with two attached hydrogens (primary N) is 1. The third-order valence-corrected chi connectivity index (χ3v) is 3.61. The van der Waals surface area contributed by atoms with Crippen LogP contribution in [-0.2, 0) is 4.74 Å². The van der Waals surface area contributed by atoms with Gasteiger partial charge in [0.1, 0.15) is 0 Å². The number of ether oxygens (including phenoxy) is 3. The van der Waals surface area contributed by atoms with Crippen LogP contribution >= 0.6 is 0 Å². The van der Waals surface area contributed by atoms with Crippen LogP contribution in [0.25, 0.3) is 0 Å². The topological polar surface area (TPSA) is 57.0 Å². The SMILES string of the molecule is CC1(CCN2CCOCC2)Oc2ccc(N)cc2O1. The second-order valence-electron chi connectivity index (χ2n) is 5.25. The van der Waals surface area contributed by atoms with E-state index in [-0.39, 0.29) is 0 Å². The number of nitrogen functional groups attached to an aromatic ring is 1. The predicted octanol–water partition coefficient (Wildman–Crippen LogP) is 1.48. The largest absolute Gasteiger partial charge is 0.449 e. The summed E-state index contributed by atoms with van der Waals surface area (Å²) in [7, 11) is 0. The summed E-state index contributed by atoms with van der Waals surface area (Å²) in [4.78, 5) is 2.37. The predicted molar refractivity (Wildman–Crippen MR) is 72.4 cm³/mol. The van der Waals surface area contributed by atoms with Crippen LogP contribution in [0.2, 0.25) is 0 Å². The van der Waals surface area contributed by atoms with E-state index in [4.69, 9.17) is 19.9 Å². The molecule has 5 nitrogen and oxygen atoms in total. The first-order valence-electron chi connectivity index (χ1n) is 6.72. The van der Waals surface area contributed by atoms with Gasteiger partial charge in [0.15, 0.2) is 11.5 Å². The van der Waals surface area contributed by atoms with Crippen LogP contribution in [0.5, 0.6) is 11.5 Å². The zero-order valence-electron chi connectivity index (χ0n) is 11.2. The molecule has 5 heteroatoms. The molecular weight excluding hydrogens is 244 g/mol. The number of hydrogen-bond acceptors (Lipinski definition) is 5. The zero-order valence-corrected chi connectivity index (χ0v) is 11.2. The first-order valence-corrected chi connectivity index (χ1v) is 6.72. The summed E-state index contributed by atoms with van der Waals surface area (Å²) in [6.45, 7) is 6.52. The average Bonchev–Trinajstić information content (AvgIpc) is 2.74. The van der Waals surface area contributed by atoms with E-state index in [1.165, 1.54) is 0 Å². The van der Waals surface area contributed by atoms with E-state index in [1.54, 1.807) is 0 Å². The third kappa shape index (κ3) is 2.77. The Morgan fingerprint density at radius 2 is 1.95 bits per heavy atom. The minimum absolute atomic E-state index is 0.589. The number of rotatable bonds is 3. The smallest absolute Gasteiger partial charge is 0.250 e. The van der Waals surface area contributed by atoms with Crippen molar-refractivity contribution in [2.45, 2.75) is 19.1 Å². The molecule has 3 rings (SSSR count). The van der Waals surface area contributed by atoms with Gasteiger partial charge in [-0.3, -0.25) is 4.90 Å². The monoisotopic (exact) mass is 264 g/mol. The van der Waals surface area contributed by atoms with E-state index in [2.05, 4.69) is 4.90 Å². The average molecular weight is 264 g/mol. The Labute approximate surface area is 113 Å². The lowest BCUT2D eigenvalue weighted by atomic mass is 10.2. The highest BCUT2D eigenvalue weighted by atomic mass is 16.7. The van der Waals surface area contributed by atoms with Gasteiger partial charge < -0.3 is 19.9 Å². The van der Waals surface area contributed by atoms with E-state index in [1.807, 2.05) is 25.1 Å². The highest BCUT2D eigenvalue weighted by Gasteiger charge is 2.37. The summed E-state index contributed by atoms with van der Waals surface area (Å²) in [6, 6.07) is 5.51. The third-order valence-electron chi connectivity index (χ3n) is 3.61. The van der Waals surface area contributed by atoms with Crippen LogP contribution in [0.3, 0.4) is 0 Å². The van der Waals surface area contributed by atoms with Gasteiger partial charge in [-0.25, -0.2) is 0 Å². The highest BCUT2D eigenvalue weighted by molar-refractivity contribution is 5.53. The van der Waals surface area contributed by atoms with Crippen molar-refractivity contribution < 1.29 is 14.2 Å². The molecule has 2 aliphatic rings. The minimum atomic E-state index is -0.589. The molecule has 1 aromatic carbocycles. The second kappa shape index (κ2) is 4.90. The summed E-state index contributed by atoms with van der Waals surface area (Å²) in [6.07, 6.45) is 0.821. The number of fused-ring (bicyclic) bond motifs is 1. The summed E-state index contributed by atoms with van der Waals surface area (Å²) in [5.74, 6) is 0.928. The molecule has 0 aliphatic carbocycles. The van der Waals surface area contributed by atoms with Crippen molar-refractivity contribution >= 4 is 5.69 Å². The summed E-state index contributed by atoms with van der Waals surface area (Å²) >= 11 is 0. The maximum absolute atomic E-state index is 5.91. The Hall–Kier alpha value is -1.46. The van der Waals surface area contributed by atoms with E-state index >= 15 is 0 Å². The van der Waals surface area contributed by atoms with Gasteiger partial charge in [-0.05, 0) is 12.1 Å². The number of anilines is 1. The number of benzene rings is 1. The first-order chi connectivity index (χ1) is 9.15. The van der Waals surface area contributed by atoms with Crippen LogP contribution < -0.4 is 15.2 Å². The Morgan fingerprint density at radius 3 is 2.74 bits per heavy atom. The van der Waals surface area contributed by atoms with Crippen molar-refractivity contribution in [3.63, 3.8) is 0 Å². The molecule has 1 saturated heterocycles. The summed E-state index contributed by atoms with van der Waals surface area (Å²) in [5, 5.41) is 0. The molecule has 2 aliphatic heterocycles. The zero-order chi connectivity index (χ0) is 13.3. The van der Waals surface area contributed by atoms with Crippen LogP contribution in [0.4, 0.5) is 5.69 Å². The fourth-order valence-electron chi connectivity index (χ4n) is 2.46. The van der Waals surface area contributed by atoms with E-state index in [9.17, 15) is 0 Å². The maximum Gasteiger partial charge on any atom is 0.250 e. The molecule has 1 atom stereocenters. The summed E-state index contributed by atoms with van der Waals surface area (Å²) in [5.41, 5.74) is 6.45. The van der Waals surface area contributed by atoms with Gasteiger partial charge in [0, 0.05) is 44.7 Å². The Morgan fingerprint density at radius 1 is 1.21 bits per heavy atom. The second-order valence-corrected chi connectivity index (χ2v) is 5.25. The fraction of sp³-hybridized carbons (Fsp3) is 0.571. The molecule has 0 aromatic heterocycles. The van der Waals surface area contributed by atoms with Gasteiger partial charge in [-0.2, -0.15) is 0 Å². The van der Waals surface area contributed by atoms with Gasteiger partial charge in [0.2, 0.25) is 5.79 Å². The number of morpholine rings is 1. The van der Waals surface area contributed by atoms with Crippen LogP contribution in [0.15, 0.2) is 18.2 Å². The van der Waals surface area contributed by atoms with Crippen LogP contribution in [0, 0.1) is 0 Å². The molecule has 104 valence electrons. The molecule has 0 saturated carbocycles. The molecule has 19 heavy (non-hydrogen) atoms. The number of nitrogens with zero attached hydrogens (tertiary/aromatic N) is 1. The van der Waals surface area contributed by atoms with Crippen molar-refractivity contribution in [1.82, 2.24) is 4.90 Å². The molecule has 0 radical (unpaired) electrons. The molecular formula is C14H20N2O3. The van der Waals surface area contributed by atoms with Crippen molar-refractivity contribution in [3.05, 3.63) is 18.2 Å². The Balaban J connectivity index is 1.60. The quantitative estimate of drug-likeness (QED) is 0.838. The highest BCUT2D eigenvalue weighted by Crippen LogP contribution is 2.41. The molecule has 1 aromatic rings. The van der Waals surface area contributed by atoms with E-state index in [0.717, 1.165) is 50.8 Å². The van der Waals surface area contributed by atoms with Gasteiger partial charge in [-0.15, -0.1) is 0 Å². The number of hydrogen-bond donors (Lipinski definition) is 1. The molecule has 2 N–H and O–H groups in total. The first kappa shape index (κ1) is 12.6. The molecule has 0 bridgehead atoms. The standard InChI is InChI=1S/C14H20N2O3/c1-14(4-5-16-6-8-17-9-7-16)18-12-3-2-11(15)10-13(12)19-14/h2-3,10H,4-9,15H2,1H3. The Bertz CT molecular complexity index is 460. The molecule has 1 fully saturated rings.